The third-order valence-electron chi connectivity index (χ3n) is 5.53. The molecule has 0 aromatic heterocycles. The van der Waals surface area contributed by atoms with E-state index in [2.05, 4.69) is 22.2 Å². The standard InChI is InChI=1S/C12H26O5S.C12H26O4S.2Na/c1-2-3-4-6-9-12(13)10-7-5-8-11-17-18(14,15)16;1-2-3-4-5-6-7-8-9-10-11-12-16-17(13,14)15;;/h12-13H,2-11H2,1H3,(H,14,15,16);2-12H2,1H3,(H,13,14,15);;/q;;2*+1/p-2. The first-order chi connectivity index (χ1) is 16.5. The van der Waals surface area contributed by atoms with Gasteiger partial charge in [0.2, 0.25) is 20.8 Å². The normalized spacial score (nSPS) is 12.1. The van der Waals surface area contributed by atoms with Crippen LogP contribution in [0.3, 0.4) is 0 Å². The molecule has 0 amide bonds. The van der Waals surface area contributed by atoms with Crippen molar-refractivity contribution >= 4 is 20.8 Å². The van der Waals surface area contributed by atoms with Crippen molar-refractivity contribution < 1.29 is 98.5 Å². The van der Waals surface area contributed by atoms with E-state index in [-0.39, 0.29) is 78.4 Å². The Morgan fingerprint density at radius 3 is 1.14 bits per heavy atom. The van der Waals surface area contributed by atoms with E-state index in [1.165, 1.54) is 64.2 Å². The summed E-state index contributed by atoms with van der Waals surface area (Å²) in [6.45, 7) is 4.34. The molecule has 0 saturated heterocycles. The summed E-state index contributed by atoms with van der Waals surface area (Å²) in [4.78, 5) is 0. The Bertz CT molecular complexity index is 649. The first kappa shape index (κ1) is 45.7. The quantitative estimate of drug-likeness (QED) is 0.0692. The van der Waals surface area contributed by atoms with Crippen molar-refractivity contribution in [1.29, 1.82) is 0 Å². The molecule has 0 heterocycles. The molecule has 0 bridgehead atoms. The topological polar surface area (TPSA) is 153 Å². The van der Waals surface area contributed by atoms with Crippen LogP contribution in [0.4, 0.5) is 0 Å². The van der Waals surface area contributed by atoms with Gasteiger partial charge in [-0.2, -0.15) is 0 Å². The Morgan fingerprint density at radius 1 is 0.541 bits per heavy atom. The molecule has 0 aliphatic heterocycles. The SMILES string of the molecule is CCCCCCC(O)CCCCCOS(=O)(=O)[O-].CCCCCCCCCCCCOS(=O)(=O)[O-].[Na+].[Na+]. The van der Waals surface area contributed by atoms with Crippen LogP contribution in [0.2, 0.25) is 0 Å². The summed E-state index contributed by atoms with van der Waals surface area (Å²) in [6, 6.07) is 0. The molecule has 0 aliphatic carbocycles. The first-order valence-corrected chi connectivity index (χ1v) is 16.1. The minimum atomic E-state index is -4.54. The monoisotopic (exact) mass is 592 g/mol. The van der Waals surface area contributed by atoms with Crippen molar-refractivity contribution in [3.8, 4) is 0 Å². The molecule has 9 nitrogen and oxygen atoms in total. The summed E-state index contributed by atoms with van der Waals surface area (Å²) in [5, 5.41) is 9.66. The van der Waals surface area contributed by atoms with Crippen LogP contribution >= 0.6 is 0 Å². The molecule has 214 valence electrons. The second-order valence-corrected chi connectivity index (χ2v) is 11.1. The van der Waals surface area contributed by atoms with Gasteiger partial charge in [0, 0.05) is 0 Å². The molecular formula is C24H50Na2O9S2. The summed E-state index contributed by atoms with van der Waals surface area (Å²) in [5.74, 6) is 0. The summed E-state index contributed by atoms with van der Waals surface area (Å²) < 4.78 is 68.9. The molecule has 1 N–H and O–H groups in total. The maximum atomic E-state index is 10.1. The third kappa shape index (κ3) is 47.8. The van der Waals surface area contributed by atoms with Gasteiger partial charge in [0.25, 0.3) is 0 Å². The van der Waals surface area contributed by atoms with Gasteiger partial charge in [-0.3, -0.25) is 8.37 Å². The van der Waals surface area contributed by atoms with E-state index in [9.17, 15) is 31.0 Å². The van der Waals surface area contributed by atoms with Crippen molar-refractivity contribution in [2.75, 3.05) is 13.2 Å². The molecule has 1 atom stereocenters. The van der Waals surface area contributed by atoms with E-state index in [1.807, 2.05) is 0 Å². The van der Waals surface area contributed by atoms with Crippen molar-refractivity contribution in [3.63, 3.8) is 0 Å². The van der Waals surface area contributed by atoms with Crippen LogP contribution in [-0.2, 0) is 29.2 Å². The van der Waals surface area contributed by atoms with Gasteiger partial charge in [-0.15, -0.1) is 0 Å². The van der Waals surface area contributed by atoms with E-state index >= 15 is 0 Å². The van der Waals surface area contributed by atoms with E-state index in [1.54, 1.807) is 0 Å². The molecule has 0 aromatic rings. The van der Waals surface area contributed by atoms with Crippen molar-refractivity contribution in [2.45, 2.75) is 142 Å². The van der Waals surface area contributed by atoms with Gasteiger partial charge in [-0.25, -0.2) is 16.8 Å². The average molecular weight is 593 g/mol. The zero-order valence-electron chi connectivity index (χ0n) is 24.0. The molecule has 1 unspecified atom stereocenters. The molecule has 13 heteroatoms. The summed E-state index contributed by atoms with van der Waals surface area (Å²) in [7, 11) is -9.03. The van der Waals surface area contributed by atoms with Crippen molar-refractivity contribution in [2.24, 2.45) is 0 Å². The van der Waals surface area contributed by atoms with Gasteiger partial charge in [0.1, 0.15) is 0 Å². The summed E-state index contributed by atoms with van der Waals surface area (Å²) in [5.41, 5.74) is 0. The van der Waals surface area contributed by atoms with E-state index in [0.717, 1.165) is 44.9 Å². The largest absolute Gasteiger partial charge is 1.00 e. The van der Waals surface area contributed by atoms with E-state index in [0.29, 0.717) is 12.8 Å². The summed E-state index contributed by atoms with van der Waals surface area (Å²) >= 11 is 0. The number of hydrogen-bond donors (Lipinski definition) is 1. The fraction of sp³-hybridized carbons (Fsp3) is 1.00. The molecule has 37 heavy (non-hydrogen) atoms. The minimum absolute atomic E-state index is 0. The van der Waals surface area contributed by atoms with E-state index < -0.39 is 20.8 Å². The number of unbranched alkanes of at least 4 members (excludes halogenated alkanes) is 14. The van der Waals surface area contributed by atoms with Gasteiger partial charge in [0.15, 0.2) is 0 Å². The van der Waals surface area contributed by atoms with Gasteiger partial charge >= 0.3 is 59.1 Å². The Labute approximate surface area is 272 Å². The van der Waals surface area contributed by atoms with Crippen LogP contribution in [0.5, 0.6) is 0 Å². The Balaban J connectivity index is -0.000000280. The minimum Gasteiger partial charge on any atom is -0.726 e. The number of aliphatic hydroxyl groups excluding tert-OH is 1. The van der Waals surface area contributed by atoms with Crippen LogP contribution in [-0.4, -0.2) is 50.4 Å². The van der Waals surface area contributed by atoms with Crippen molar-refractivity contribution in [3.05, 3.63) is 0 Å². The maximum absolute atomic E-state index is 10.1. The van der Waals surface area contributed by atoms with Crippen LogP contribution in [0, 0.1) is 0 Å². The Morgan fingerprint density at radius 2 is 0.811 bits per heavy atom. The van der Waals surface area contributed by atoms with Gasteiger partial charge in [-0.05, 0) is 25.7 Å². The molecule has 0 aliphatic rings. The Hall–Kier alpha value is 1.70. The second-order valence-electron chi connectivity index (χ2n) is 8.99. The molecule has 0 fully saturated rings. The average Bonchev–Trinajstić information content (AvgIpc) is 2.76. The van der Waals surface area contributed by atoms with E-state index in [4.69, 9.17) is 0 Å². The fourth-order valence-corrected chi connectivity index (χ4v) is 4.17. The molecule has 0 spiro atoms. The van der Waals surface area contributed by atoms with Crippen LogP contribution in [0.25, 0.3) is 0 Å². The smallest absolute Gasteiger partial charge is 0.726 e. The molecular weight excluding hydrogens is 542 g/mol. The number of hydrogen-bond acceptors (Lipinski definition) is 9. The van der Waals surface area contributed by atoms with Crippen LogP contribution in [0.1, 0.15) is 136 Å². The fourth-order valence-electron chi connectivity index (χ4n) is 3.52. The molecule has 0 saturated carbocycles. The first-order valence-electron chi connectivity index (χ1n) is 13.4. The predicted molar refractivity (Wildman–Crippen MR) is 136 cm³/mol. The third-order valence-corrected chi connectivity index (χ3v) is 6.44. The van der Waals surface area contributed by atoms with Gasteiger partial charge in [-0.1, -0.05) is 110 Å². The van der Waals surface area contributed by atoms with Gasteiger partial charge < -0.3 is 14.2 Å². The summed E-state index contributed by atoms with van der Waals surface area (Å²) in [6.07, 6.45) is 19.8. The zero-order chi connectivity index (χ0) is 26.8. The van der Waals surface area contributed by atoms with Crippen LogP contribution < -0.4 is 59.1 Å². The van der Waals surface area contributed by atoms with Gasteiger partial charge in [0.05, 0.1) is 19.3 Å². The Kier molecular flexibility index (Phi) is 39.8. The van der Waals surface area contributed by atoms with Crippen LogP contribution in [0.15, 0.2) is 0 Å². The molecule has 0 rings (SSSR count). The molecule has 0 radical (unpaired) electrons. The second kappa shape index (κ2) is 32.2. The number of aliphatic hydroxyl groups is 1. The maximum Gasteiger partial charge on any atom is 1.00 e. The predicted octanol–water partition coefficient (Wildman–Crippen LogP) is -0.253. The zero-order valence-corrected chi connectivity index (χ0v) is 29.6. The van der Waals surface area contributed by atoms with Crippen molar-refractivity contribution in [1.82, 2.24) is 0 Å². The molecule has 0 aromatic carbocycles. The number of rotatable bonds is 24.